The lowest BCUT2D eigenvalue weighted by Crippen LogP contribution is -2.32. The number of fused-ring (bicyclic) bond motifs is 14. The molecular weight excluding hydrogens is 833 g/mol. The maximum absolute atomic E-state index is 5.23. The third-order valence-corrected chi connectivity index (χ3v) is 15.0. The molecule has 3 heterocycles. The Hall–Kier alpha value is -8.38. The van der Waals surface area contributed by atoms with Crippen molar-refractivity contribution in [2.45, 2.75) is 15.2 Å². The van der Waals surface area contributed by atoms with E-state index in [0.29, 0.717) is 17.5 Å². The first-order chi connectivity index (χ1) is 33.2. The highest BCUT2D eigenvalue weighted by atomic mass is 32.2. The first-order valence-electron chi connectivity index (χ1n) is 22.8. The quantitative estimate of drug-likeness (QED) is 0.173. The van der Waals surface area contributed by atoms with Gasteiger partial charge in [-0.25, -0.2) is 15.0 Å². The van der Waals surface area contributed by atoms with E-state index in [1.165, 1.54) is 75.8 Å². The number of nitrogens with zero attached hydrogens (tertiary/aromatic N) is 4. The number of rotatable bonds is 5. The lowest BCUT2D eigenvalue weighted by atomic mass is 9.67. The fourth-order valence-electron chi connectivity index (χ4n) is 11.0. The van der Waals surface area contributed by atoms with Gasteiger partial charge in [-0.1, -0.05) is 212 Å². The Balaban J connectivity index is 1.01. The second-order valence-electron chi connectivity index (χ2n) is 17.5. The van der Waals surface area contributed by atoms with Crippen molar-refractivity contribution in [3.05, 3.63) is 253 Å². The van der Waals surface area contributed by atoms with Crippen LogP contribution in [0.5, 0.6) is 0 Å². The van der Waals surface area contributed by atoms with E-state index < -0.39 is 5.41 Å². The monoisotopic (exact) mass is 870 g/mol. The summed E-state index contributed by atoms with van der Waals surface area (Å²) in [6.45, 7) is 0. The molecule has 4 nitrogen and oxygen atoms in total. The Kier molecular flexibility index (Phi) is 8.40. The van der Waals surface area contributed by atoms with Crippen LogP contribution in [0.25, 0.3) is 94.7 Å². The molecule has 0 unspecified atom stereocenters. The minimum absolute atomic E-state index is 0.502. The molecule has 0 amide bonds. The number of hydrogen-bond donors (Lipinski definition) is 0. The average Bonchev–Trinajstić information content (AvgIpc) is 3.89. The molecule has 67 heavy (non-hydrogen) atoms. The van der Waals surface area contributed by atoms with Crippen molar-refractivity contribution < 1.29 is 0 Å². The molecule has 2 aliphatic rings. The molecule has 12 aromatic rings. The first-order valence-corrected chi connectivity index (χ1v) is 23.6. The lowest BCUT2D eigenvalue weighted by molar-refractivity contribution is 0.724. The van der Waals surface area contributed by atoms with Crippen LogP contribution in [0.1, 0.15) is 22.3 Å². The zero-order valence-corrected chi connectivity index (χ0v) is 37.0. The van der Waals surface area contributed by atoms with Gasteiger partial charge in [-0.05, 0) is 80.2 Å². The van der Waals surface area contributed by atoms with Crippen LogP contribution in [0.2, 0.25) is 0 Å². The van der Waals surface area contributed by atoms with Crippen molar-refractivity contribution in [1.82, 2.24) is 19.5 Å². The topological polar surface area (TPSA) is 43.6 Å². The SMILES string of the molecule is c1ccc(-c2ccc(-c3nc(-c4ccccc4)nc(-c4cccc(-n5c6cc7c(cc6c6ccc8ccccc8c65)Sc5ccccc5C75c6ccccc6-c6ccccc65)c4)n3)cc2)cc1. The van der Waals surface area contributed by atoms with Crippen LogP contribution in [-0.4, -0.2) is 19.5 Å². The fraction of sp³-hybridized carbons (Fsp3) is 0.0161. The minimum atomic E-state index is -0.502. The number of aromatic nitrogens is 4. The van der Waals surface area contributed by atoms with E-state index in [4.69, 9.17) is 15.0 Å². The van der Waals surface area contributed by atoms with E-state index in [2.05, 4.69) is 211 Å². The van der Waals surface area contributed by atoms with Crippen molar-refractivity contribution in [2.75, 3.05) is 0 Å². The molecule has 1 aliphatic carbocycles. The maximum Gasteiger partial charge on any atom is 0.164 e. The third-order valence-electron chi connectivity index (χ3n) is 13.9. The molecule has 0 radical (unpaired) electrons. The summed E-state index contributed by atoms with van der Waals surface area (Å²) in [4.78, 5) is 18.1. The summed E-state index contributed by atoms with van der Waals surface area (Å²) in [6.07, 6.45) is 0. The van der Waals surface area contributed by atoms with Gasteiger partial charge in [-0.3, -0.25) is 0 Å². The van der Waals surface area contributed by atoms with E-state index in [-0.39, 0.29) is 0 Å². The van der Waals surface area contributed by atoms with E-state index >= 15 is 0 Å². The van der Waals surface area contributed by atoms with E-state index in [9.17, 15) is 0 Å². The summed E-state index contributed by atoms with van der Waals surface area (Å²) in [5, 5.41) is 4.84. The summed E-state index contributed by atoms with van der Waals surface area (Å²) in [5.74, 6) is 1.88. The van der Waals surface area contributed by atoms with Crippen LogP contribution in [0, 0.1) is 0 Å². The van der Waals surface area contributed by atoms with Crippen LogP contribution < -0.4 is 0 Å². The molecule has 1 spiro atoms. The van der Waals surface area contributed by atoms with Crippen molar-refractivity contribution >= 4 is 44.3 Å². The molecule has 0 N–H and O–H groups in total. The van der Waals surface area contributed by atoms with Gasteiger partial charge in [0, 0.05) is 48.3 Å². The maximum atomic E-state index is 5.23. The predicted octanol–water partition coefficient (Wildman–Crippen LogP) is 15.6. The van der Waals surface area contributed by atoms with Crippen LogP contribution >= 0.6 is 11.8 Å². The van der Waals surface area contributed by atoms with E-state index in [0.717, 1.165) is 33.5 Å². The number of benzene rings is 10. The van der Waals surface area contributed by atoms with Gasteiger partial charge in [0.25, 0.3) is 0 Å². The molecule has 312 valence electrons. The van der Waals surface area contributed by atoms with Crippen molar-refractivity contribution in [2.24, 2.45) is 0 Å². The Morgan fingerprint density at radius 2 is 0.896 bits per heavy atom. The summed E-state index contributed by atoms with van der Waals surface area (Å²) in [5.41, 5.74) is 15.8. The predicted molar refractivity (Wildman–Crippen MR) is 275 cm³/mol. The molecule has 0 saturated carbocycles. The third kappa shape index (κ3) is 5.71. The van der Waals surface area contributed by atoms with Crippen LogP contribution in [0.3, 0.4) is 0 Å². The van der Waals surface area contributed by atoms with Gasteiger partial charge >= 0.3 is 0 Å². The molecule has 0 saturated heterocycles. The largest absolute Gasteiger partial charge is 0.309 e. The van der Waals surface area contributed by atoms with E-state index in [1.807, 2.05) is 36.0 Å². The average molecular weight is 871 g/mol. The zero-order chi connectivity index (χ0) is 44.1. The molecule has 1 aliphatic heterocycles. The van der Waals surface area contributed by atoms with Crippen molar-refractivity contribution in [1.29, 1.82) is 0 Å². The summed E-state index contributed by atoms with van der Waals surface area (Å²) >= 11 is 1.89. The molecule has 0 atom stereocenters. The zero-order valence-electron chi connectivity index (χ0n) is 36.1. The van der Waals surface area contributed by atoms with Gasteiger partial charge < -0.3 is 4.57 Å². The number of hydrogen-bond acceptors (Lipinski definition) is 4. The highest BCUT2D eigenvalue weighted by Gasteiger charge is 2.50. The molecule has 0 bridgehead atoms. The minimum Gasteiger partial charge on any atom is -0.309 e. The Morgan fingerprint density at radius 1 is 0.343 bits per heavy atom. The summed E-state index contributed by atoms with van der Waals surface area (Å²) in [6, 6.07) is 83.4. The van der Waals surface area contributed by atoms with Crippen molar-refractivity contribution in [3.63, 3.8) is 0 Å². The molecule has 10 aromatic carbocycles. The highest BCUT2D eigenvalue weighted by Crippen LogP contribution is 2.63. The van der Waals surface area contributed by atoms with Crippen molar-refractivity contribution in [3.8, 4) is 62.1 Å². The standard InChI is InChI=1S/C62H38N4S/c1-3-16-39(17-4-1)40-30-32-43(33-31-40)60-63-59(42-19-5-2-6-20-42)64-61(65-60)44-21-15-22-45(36-44)66-55-38-54-57(37-50(55)49-35-34-41-18-7-8-23-46(41)58(49)66)67-56-29-14-13-28-53(56)62(54)51-26-11-9-24-47(51)48-25-10-12-27-52(48)62/h1-38H. The molecule has 0 fully saturated rings. The second-order valence-corrected chi connectivity index (χ2v) is 18.6. The van der Waals surface area contributed by atoms with Gasteiger partial charge in [0.2, 0.25) is 0 Å². The Labute approximate surface area is 391 Å². The van der Waals surface area contributed by atoms with Crippen LogP contribution in [0.4, 0.5) is 0 Å². The second kappa shape index (κ2) is 14.8. The van der Waals surface area contributed by atoms with Crippen LogP contribution in [-0.2, 0) is 5.41 Å². The Bertz CT molecular complexity index is 3900. The smallest absolute Gasteiger partial charge is 0.164 e. The van der Waals surface area contributed by atoms with Crippen LogP contribution in [0.15, 0.2) is 240 Å². The fourth-order valence-corrected chi connectivity index (χ4v) is 12.2. The Morgan fingerprint density at radius 3 is 1.63 bits per heavy atom. The lowest BCUT2D eigenvalue weighted by Gasteiger charge is -2.39. The van der Waals surface area contributed by atoms with Gasteiger partial charge in [0.15, 0.2) is 17.5 Å². The molecular formula is C62H38N4S. The normalized spacial score (nSPS) is 13.1. The van der Waals surface area contributed by atoms with Gasteiger partial charge in [-0.15, -0.1) is 0 Å². The summed E-state index contributed by atoms with van der Waals surface area (Å²) < 4.78 is 2.49. The van der Waals surface area contributed by atoms with Gasteiger partial charge in [-0.2, -0.15) is 0 Å². The van der Waals surface area contributed by atoms with Gasteiger partial charge in [0.05, 0.1) is 16.4 Å². The van der Waals surface area contributed by atoms with E-state index in [1.54, 1.807) is 0 Å². The molecule has 14 rings (SSSR count). The highest BCUT2D eigenvalue weighted by molar-refractivity contribution is 7.99. The first kappa shape index (κ1) is 37.9. The summed E-state index contributed by atoms with van der Waals surface area (Å²) in [7, 11) is 0. The molecule has 2 aromatic heterocycles. The van der Waals surface area contributed by atoms with Gasteiger partial charge in [0.1, 0.15) is 0 Å². The molecule has 5 heteroatoms.